The summed E-state index contributed by atoms with van der Waals surface area (Å²) in [5.41, 5.74) is 7.65. The van der Waals surface area contributed by atoms with Crippen LogP contribution in [0.1, 0.15) is 0 Å². The highest BCUT2D eigenvalue weighted by atomic mass is 32.1. The number of rotatable bonds is 3. The van der Waals surface area contributed by atoms with Gasteiger partial charge in [0, 0.05) is 52.0 Å². The quantitative estimate of drug-likeness (QED) is 0.183. The highest BCUT2D eigenvalue weighted by molar-refractivity contribution is 7.27. The van der Waals surface area contributed by atoms with E-state index in [9.17, 15) is 0 Å². The van der Waals surface area contributed by atoms with Crippen LogP contribution in [0.15, 0.2) is 164 Å². The monoisotopic (exact) mass is 709 g/mol. The van der Waals surface area contributed by atoms with Crippen LogP contribution in [0.4, 0.5) is 0 Å². The van der Waals surface area contributed by atoms with E-state index in [1.54, 1.807) is 11.3 Å². The summed E-state index contributed by atoms with van der Waals surface area (Å²) in [6.45, 7) is 0. The van der Waals surface area contributed by atoms with E-state index in [4.69, 9.17) is 9.97 Å². The van der Waals surface area contributed by atoms with Crippen LogP contribution in [0.3, 0.4) is 0 Å². The lowest BCUT2D eigenvalue weighted by Gasteiger charge is -2.11. The molecule has 0 aliphatic rings. The van der Waals surface area contributed by atoms with Crippen molar-refractivity contribution >= 4 is 106 Å². The minimum Gasteiger partial charge on any atom is -0.278 e. The van der Waals surface area contributed by atoms with Crippen molar-refractivity contribution in [1.82, 2.24) is 14.5 Å². The van der Waals surface area contributed by atoms with Gasteiger partial charge in [0.2, 0.25) is 5.95 Å². The molecule has 246 valence electrons. The van der Waals surface area contributed by atoms with Gasteiger partial charge < -0.3 is 0 Å². The molecule has 0 fully saturated rings. The van der Waals surface area contributed by atoms with Gasteiger partial charge in [-0.3, -0.25) is 4.57 Å². The molecule has 0 unspecified atom stereocenters. The fourth-order valence-corrected chi connectivity index (χ4v) is 10.7. The van der Waals surface area contributed by atoms with Gasteiger partial charge in [-0.1, -0.05) is 133 Å². The molecule has 0 saturated heterocycles. The number of fused-ring (bicyclic) bond motifs is 12. The molecule has 0 saturated carbocycles. The van der Waals surface area contributed by atoms with Crippen molar-refractivity contribution in [3.63, 3.8) is 0 Å². The molecule has 0 spiro atoms. The van der Waals surface area contributed by atoms with Gasteiger partial charge in [0.1, 0.15) is 0 Å². The van der Waals surface area contributed by atoms with E-state index in [-0.39, 0.29) is 0 Å². The third kappa shape index (κ3) is 4.26. The molecule has 0 radical (unpaired) electrons. The first kappa shape index (κ1) is 29.2. The van der Waals surface area contributed by atoms with Crippen molar-refractivity contribution in [2.45, 2.75) is 0 Å². The van der Waals surface area contributed by atoms with E-state index in [0.29, 0.717) is 5.95 Å². The molecule has 0 aliphatic carbocycles. The Bertz CT molecular complexity index is 3450. The molecule has 5 heteroatoms. The number of aromatic nitrogens is 3. The van der Waals surface area contributed by atoms with E-state index < -0.39 is 0 Å². The summed E-state index contributed by atoms with van der Waals surface area (Å²) in [5, 5.41) is 11.2. The molecular formula is C48H27N3S2. The fraction of sp³-hybridized carbons (Fsp3) is 0. The summed E-state index contributed by atoms with van der Waals surface area (Å²) in [4.78, 5) is 10.9. The van der Waals surface area contributed by atoms with Gasteiger partial charge in [-0.25, -0.2) is 9.97 Å². The van der Waals surface area contributed by atoms with Gasteiger partial charge in [0.25, 0.3) is 0 Å². The van der Waals surface area contributed by atoms with Gasteiger partial charge >= 0.3 is 0 Å². The third-order valence-electron chi connectivity index (χ3n) is 10.8. The highest BCUT2D eigenvalue weighted by Gasteiger charge is 2.21. The van der Waals surface area contributed by atoms with E-state index in [1.807, 2.05) is 11.3 Å². The molecular weight excluding hydrogens is 683 g/mol. The second-order valence-corrected chi connectivity index (χ2v) is 15.8. The maximum atomic E-state index is 5.50. The lowest BCUT2D eigenvalue weighted by Crippen LogP contribution is -2.02. The lowest BCUT2D eigenvalue weighted by molar-refractivity contribution is 1.02. The van der Waals surface area contributed by atoms with Crippen LogP contribution in [0.5, 0.6) is 0 Å². The summed E-state index contributed by atoms with van der Waals surface area (Å²) >= 11 is 3.64. The average molecular weight is 710 g/mol. The Labute approximate surface area is 311 Å². The largest absolute Gasteiger partial charge is 0.278 e. The Kier molecular flexibility index (Phi) is 6.09. The lowest BCUT2D eigenvalue weighted by atomic mass is 9.97. The maximum Gasteiger partial charge on any atom is 0.235 e. The predicted octanol–water partition coefficient (Wildman–Crippen LogP) is 13.9. The zero-order chi connectivity index (χ0) is 34.6. The molecule has 53 heavy (non-hydrogen) atoms. The van der Waals surface area contributed by atoms with Crippen LogP contribution < -0.4 is 0 Å². The Hall–Kier alpha value is -6.40. The first-order valence-electron chi connectivity index (χ1n) is 17.8. The van der Waals surface area contributed by atoms with Gasteiger partial charge in [-0.15, -0.1) is 22.7 Å². The fourth-order valence-electron chi connectivity index (χ4n) is 8.35. The van der Waals surface area contributed by atoms with Crippen LogP contribution >= 0.6 is 22.7 Å². The topological polar surface area (TPSA) is 30.7 Å². The zero-order valence-corrected chi connectivity index (χ0v) is 29.9. The first-order valence-corrected chi connectivity index (χ1v) is 19.5. The third-order valence-corrected chi connectivity index (χ3v) is 13.2. The van der Waals surface area contributed by atoms with E-state index >= 15 is 0 Å². The number of benzene rings is 8. The Morgan fingerprint density at radius 2 is 1.08 bits per heavy atom. The van der Waals surface area contributed by atoms with E-state index in [0.717, 1.165) is 37.9 Å². The van der Waals surface area contributed by atoms with Crippen molar-refractivity contribution in [3.8, 4) is 28.3 Å². The van der Waals surface area contributed by atoms with E-state index in [2.05, 4.69) is 168 Å². The number of thiophene rings is 2. The van der Waals surface area contributed by atoms with Crippen molar-refractivity contribution < 1.29 is 0 Å². The molecule has 12 aromatic rings. The van der Waals surface area contributed by atoms with Crippen LogP contribution in [0.2, 0.25) is 0 Å². The molecule has 0 bridgehead atoms. The van der Waals surface area contributed by atoms with Crippen molar-refractivity contribution in [1.29, 1.82) is 0 Å². The summed E-state index contributed by atoms with van der Waals surface area (Å²) in [6.07, 6.45) is 0. The summed E-state index contributed by atoms with van der Waals surface area (Å²) in [6, 6.07) is 59.4. The normalized spacial score (nSPS) is 12.2. The molecule has 4 aromatic heterocycles. The SMILES string of the molecule is c1ccc2c(-c3ccc(-c4nc(-n5c6ccccc6c6cc7ccc8c9ccccc9sc8c7cc65)nc5c4sc4ccccc45)cc3)cccc2c1. The average Bonchev–Trinajstić information content (AvgIpc) is 3.89. The highest BCUT2D eigenvalue weighted by Crippen LogP contribution is 2.43. The maximum absolute atomic E-state index is 5.50. The first-order chi connectivity index (χ1) is 26.3. The standard InChI is InChI=1S/C48H27N3S2/c1-2-12-32-28(10-1)11-9-16-33(32)29-20-22-30(23-21-29)44-47-45(37-15-5-8-19-43(37)53-47)50-48(49-44)51-40-17-6-3-13-34(40)39-26-31-24-25-36-35-14-4-7-18-42(35)52-46(36)38(31)27-41(39)51/h1-27H. The molecule has 3 nitrogen and oxygen atoms in total. The second kappa shape index (κ2) is 11.1. The summed E-state index contributed by atoms with van der Waals surface area (Å²) in [5.74, 6) is 0.684. The van der Waals surface area contributed by atoms with Gasteiger partial charge in [0.15, 0.2) is 0 Å². The van der Waals surface area contributed by atoms with E-state index in [1.165, 1.54) is 68.3 Å². The Morgan fingerprint density at radius 1 is 0.396 bits per heavy atom. The minimum atomic E-state index is 0.684. The van der Waals surface area contributed by atoms with Gasteiger partial charge in [-0.2, -0.15) is 0 Å². The number of nitrogens with zero attached hydrogens (tertiary/aromatic N) is 3. The van der Waals surface area contributed by atoms with Crippen molar-refractivity contribution in [2.24, 2.45) is 0 Å². The van der Waals surface area contributed by atoms with Crippen molar-refractivity contribution in [2.75, 3.05) is 0 Å². The van der Waals surface area contributed by atoms with Crippen LogP contribution in [-0.2, 0) is 0 Å². The molecule has 0 atom stereocenters. The number of para-hydroxylation sites is 1. The summed E-state index contributed by atoms with van der Waals surface area (Å²) < 4.78 is 7.23. The van der Waals surface area contributed by atoms with Crippen LogP contribution in [0.25, 0.3) is 112 Å². The molecule has 0 N–H and O–H groups in total. The summed E-state index contributed by atoms with van der Waals surface area (Å²) in [7, 11) is 0. The molecule has 0 aliphatic heterocycles. The molecule has 8 aromatic carbocycles. The Morgan fingerprint density at radius 3 is 1.94 bits per heavy atom. The van der Waals surface area contributed by atoms with Gasteiger partial charge in [0.05, 0.1) is 26.9 Å². The molecule has 12 rings (SSSR count). The molecule has 4 heterocycles. The number of hydrogen-bond acceptors (Lipinski definition) is 4. The van der Waals surface area contributed by atoms with Crippen LogP contribution in [0, 0.1) is 0 Å². The second-order valence-electron chi connectivity index (χ2n) is 13.7. The predicted molar refractivity (Wildman–Crippen MR) is 228 cm³/mol. The Balaban J connectivity index is 1.13. The van der Waals surface area contributed by atoms with Gasteiger partial charge in [-0.05, 0) is 57.6 Å². The minimum absolute atomic E-state index is 0.684. The van der Waals surface area contributed by atoms with Crippen LogP contribution in [-0.4, -0.2) is 14.5 Å². The van der Waals surface area contributed by atoms with Crippen molar-refractivity contribution in [3.05, 3.63) is 164 Å². The number of hydrogen-bond donors (Lipinski definition) is 0. The molecule has 0 amide bonds. The smallest absolute Gasteiger partial charge is 0.235 e. The zero-order valence-electron chi connectivity index (χ0n) is 28.2.